The monoisotopic (exact) mass is 249 g/mol. The second-order valence-electron chi connectivity index (χ2n) is 4.16. The van der Waals surface area contributed by atoms with E-state index in [1.807, 2.05) is 25.1 Å². The van der Waals surface area contributed by atoms with Gasteiger partial charge in [0.1, 0.15) is 23.9 Å². The Morgan fingerprint density at radius 1 is 1.33 bits per heavy atom. The number of hydrogen-bond acceptors (Lipinski definition) is 4. The molecular weight excluding hydrogens is 230 g/mol. The summed E-state index contributed by atoms with van der Waals surface area (Å²) >= 11 is 0. The summed E-state index contributed by atoms with van der Waals surface area (Å²) in [5.41, 5.74) is 1.11. The molecule has 4 nitrogen and oxygen atoms in total. The molecule has 2 aromatic heterocycles. The van der Waals surface area contributed by atoms with Gasteiger partial charge in [0, 0.05) is 12.7 Å². The molecule has 1 atom stereocenters. The highest BCUT2D eigenvalue weighted by atomic mass is 16.5. The molecule has 2 rings (SSSR count). The lowest BCUT2D eigenvalue weighted by Crippen LogP contribution is -2.21. The van der Waals surface area contributed by atoms with E-state index in [9.17, 15) is 0 Å². The second-order valence-corrected chi connectivity index (χ2v) is 4.16. The first-order valence-electron chi connectivity index (χ1n) is 6.11. The number of hydrogen-bond donors (Lipinski definition) is 1. The van der Waals surface area contributed by atoms with Gasteiger partial charge in [0.2, 0.25) is 0 Å². The zero-order chi connectivity index (χ0) is 13.0. The van der Waals surface area contributed by atoms with Gasteiger partial charge in [-0.2, -0.15) is 0 Å². The van der Waals surface area contributed by atoms with Crippen LogP contribution in [0.2, 0.25) is 0 Å². The third-order valence-corrected chi connectivity index (χ3v) is 2.87. The third-order valence-electron chi connectivity index (χ3n) is 2.87. The highest BCUT2D eigenvalue weighted by Gasteiger charge is 2.20. The minimum Gasteiger partial charge on any atom is -0.469 e. The average Bonchev–Trinajstić information content (AvgIpc) is 2.96. The molecule has 4 heteroatoms. The number of methoxy groups -OCH3 is 1. The predicted octanol–water partition coefficient (Wildman–Crippen LogP) is 3.03. The third kappa shape index (κ3) is 2.66. The fraction of sp³-hybridized carbons (Fsp3) is 0.429. The van der Waals surface area contributed by atoms with E-state index in [2.05, 4.69) is 12.2 Å². The zero-order valence-corrected chi connectivity index (χ0v) is 11.0. The summed E-state index contributed by atoms with van der Waals surface area (Å²) in [4.78, 5) is 0. The molecule has 0 spiro atoms. The smallest absolute Gasteiger partial charge is 0.129 e. The Morgan fingerprint density at radius 3 is 2.78 bits per heavy atom. The summed E-state index contributed by atoms with van der Waals surface area (Å²) in [5, 5.41) is 3.40. The first-order chi connectivity index (χ1) is 8.76. The molecule has 1 N–H and O–H groups in total. The van der Waals surface area contributed by atoms with Gasteiger partial charge in [-0.15, -0.1) is 0 Å². The van der Waals surface area contributed by atoms with Gasteiger partial charge in [0.25, 0.3) is 0 Å². The maximum Gasteiger partial charge on any atom is 0.129 e. The maximum absolute atomic E-state index is 5.79. The number of ether oxygens (including phenoxy) is 1. The quantitative estimate of drug-likeness (QED) is 0.854. The highest BCUT2D eigenvalue weighted by molar-refractivity contribution is 5.28. The topological polar surface area (TPSA) is 47.5 Å². The summed E-state index contributed by atoms with van der Waals surface area (Å²) in [5.74, 6) is 2.62. The van der Waals surface area contributed by atoms with Gasteiger partial charge in [-0.3, -0.25) is 0 Å². The van der Waals surface area contributed by atoms with Gasteiger partial charge < -0.3 is 18.9 Å². The van der Waals surface area contributed by atoms with Crippen molar-refractivity contribution in [3.8, 4) is 0 Å². The van der Waals surface area contributed by atoms with Crippen LogP contribution < -0.4 is 5.32 Å². The van der Waals surface area contributed by atoms with Crippen molar-refractivity contribution in [2.45, 2.75) is 26.5 Å². The molecule has 0 amide bonds. The number of aryl methyl sites for hydroxylation is 1. The van der Waals surface area contributed by atoms with E-state index in [-0.39, 0.29) is 6.04 Å². The number of furan rings is 2. The van der Waals surface area contributed by atoms with Crippen molar-refractivity contribution in [1.29, 1.82) is 0 Å². The van der Waals surface area contributed by atoms with E-state index in [0.29, 0.717) is 6.61 Å². The summed E-state index contributed by atoms with van der Waals surface area (Å²) < 4.78 is 16.2. The molecule has 2 heterocycles. The van der Waals surface area contributed by atoms with Crippen molar-refractivity contribution in [1.82, 2.24) is 5.32 Å². The van der Waals surface area contributed by atoms with Crippen LogP contribution in [0.25, 0.3) is 0 Å². The Balaban J connectivity index is 2.26. The number of nitrogens with one attached hydrogen (secondary N) is 1. The largest absolute Gasteiger partial charge is 0.469 e. The molecule has 0 aromatic carbocycles. The molecule has 0 aliphatic carbocycles. The van der Waals surface area contributed by atoms with Gasteiger partial charge >= 0.3 is 0 Å². The molecule has 0 aliphatic heterocycles. The fourth-order valence-electron chi connectivity index (χ4n) is 2.03. The van der Waals surface area contributed by atoms with Crippen LogP contribution >= 0.6 is 0 Å². The molecule has 18 heavy (non-hydrogen) atoms. The molecule has 0 fully saturated rings. The Labute approximate surface area is 107 Å². The predicted molar refractivity (Wildman–Crippen MR) is 68.4 cm³/mol. The van der Waals surface area contributed by atoms with Crippen molar-refractivity contribution in [2.75, 3.05) is 13.7 Å². The maximum atomic E-state index is 5.79. The molecule has 0 radical (unpaired) electrons. The van der Waals surface area contributed by atoms with Gasteiger partial charge in [0.15, 0.2) is 0 Å². The van der Waals surface area contributed by atoms with E-state index in [0.717, 1.165) is 29.4 Å². The van der Waals surface area contributed by atoms with Gasteiger partial charge in [-0.25, -0.2) is 0 Å². The van der Waals surface area contributed by atoms with Gasteiger partial charge in [-0.05, 0) is 31.7 Å². The first kappa shape index (κ1) is 12.9. The van der Waals surface area contributed by atoms with Crippen LogP contribution in [0.15, 0.2) is 33.3 Å². The molecule has 0 aliphatic rings. The van der Waals surface area contributed by atoms with Crippen LogP contribution in [0.3, 0.4) is 0 Å². The van der Waals surface area contributed by atoms with Crippen molar-refractivity contribution >= 4 is 0 Å². The Bertz CT molecular complexity index is 487. The highest BCUT2D eigenvalue weighted by Crippen LogP contribution is 2.27. The summed E-state index contributed by atoms with van der Waals surface area (Å²) in [6, 6.07) is 5.92. The van der Waals surface area contributed by atoms with E-state index in [1.54, 1.807) is 13.4 Å². The Morgan fingerprint density at radius 2 is 2.17 bits per heavy atom. The van der Waals surface area contributed by atoms with E-state index in [1.165, 1.54) is 0 Å². The van der Waals surface area contributed by atoms with E-state index >= 15 is 0 Å². The zero-order valence-electron chi connectivity index (χ0n) is 11.0. The Hall–Kier alpha value is -1.52. The lowest BCUT2D eigenvalue weighted by Gasteiger charge is -2.14. The fourth-order valence-corrected chi connectivity index (χ4v) is 2.03. The molecule has 0 bridgehead atoms. The molecule has 0 saturated heterocycles. The van der Waals surface area contributed by atoms with Crippen LogP contribution in [0, 0.1) is 6.92 Å². The average molecular weight is 249 g/mol. The second kappa shape index (κ2) is 5.89. The van der Waals surface area contributed by atoms with E-state index < -0.39 is 0 Å². The van der Waals surface area contributed by atoms with Crippen molar-refractivity contribution in [2.24, 2.45) is 0 Å². The normalized spacial score (nSPS) is 12.8. The van der Waals surface area contributed by atoms with Crippen LogP contribution in [0.4, 0.5) is 0 Å². The van der Waals surface area contributed by atoms with Gasteiger partial charge in [-0.1, -0.05) is 6.92 Å². The van der Waals surface area contributed by atoms with Crippen molar-refractivity contribution in [3.05, 3.63) is 47.3 Å². The lowest BCUT2D eigenvalue weighted by atomic mass is 10.1. The van der Waals surface area contributed by atoms with Crippen LogP contribution in [0.1, 0.15) is 35.8 Å². The minimum absolute atomic E-state index is 0.0272. The molecule has 98 valence electrons. The van der Waals surface area contributed by atoms with Crippen molar-refractivity contribution < 1.29 is 13.6 Å². The first-order valence-corrected chi connectivity index (χ1v) is 6.11. The molecule has 1 unspecified atom stereocenters. The molecular formula is C14H19NO3. The van der Waals surface area contributed by atoms with E-state index in [4.69, 9.17) is 13.6 Å². The van der Waals surface area contributed by atoms with Crippen LogP contribution in [-0.4, -0.2) is 13.7 Å². The summed E-state index contributed by atoms with van der Waals surface area (Å²) in [6.45, 7) is 5.37. The lowest BCUT2D eigenvalue weighted by molar-refractivity contribution is 0.162. The van der Waals surface area contributed by atoms with Crippen molar-refractivity contribution in [3.63, 3.8) is 0 Å². The SMILES string of the molecule is CCNC(c1ccc(COC)o1)c1ccoc1C. The van der Waals surface area contributed by atoms with Crippen LogP contribution in [0.5, 0.6) is 0 Å². The van der Waals surface area contributed by atoms with Gasteiger partial charge in [0.05, 0.1) is 12.3 Å². The minimum atomic E-state index is 0.0272. The Kier molecular flexibility index (Phi) is 4.23. The molecule has 0 saturated carbocycles. The summed E-state index contributed by atoms with van der Waals surface area (Å²) in [7, 11) is 1.66. The van der Waals surface area contributed by atoms with Crippen LogP contribution in [-0.2, 0) is 11.3 Å². The number of rotatable bonds is 6. The summed E-state index contributed by atoms with van der Waals surface area (Å²) in [6.07, 6.45) is 1.70. The molecule has 2 aromatic rings. The standard InChI is InChI=1S/C14H19NO3/c1-4-15-14(12-7-8-17-10(12)2)13-6-5-11(18-13)9-16-3/h5-8,14-15H,4,9H2,1-3H3.